The van der Waals surface area contributed by atoms with E-state index >= 15 is 0 Å². The molecule has 0 radical (unpaired) electrons. The van der Waals surface area contributed by atoms with Crippen molar-refractivity contribution in [1.29, 1.82) is 0 Å². The van der Waals surface area contributed by atoms with Gasteiger partial charge in [0.2, 0.25) is 0 Å². The first-order valence-electron chi connectivity index (χ1n) is 8.87. The first-order chi connectivity index (χ1) is 12.9. The molecule has 3 amide bonds. The molecular formula is C21H23N3O3. The molecule has 3 rings (SSSR count). The number of anilines is 1. The van der Waals surface area contributed by atoms with Crippen molar-refractivity contribution in [1.82, 2.24) is 9.47 Å². The van der Waals surface area contributed by atoms with E-state index in [4.69, 9.17) is 0 Å². The van der Waals surface area contributed by atoms with Gasteiger partial charge in [-0.3, -0.25) is 19.4 Å². The Morgan fingerprint density at radius 1 is 1.19 bits per heavy atom. The molecule has 6 nitrogen and oxygen atoms in total. The number of aromatic nitrogens is 1. The zero-order valence-corrected chi connectivity index (χ0v) is 15.8. The normalized spacial score (nSPS) is 16.9. The Balaban J connectivity index is 1.84. The number of allylic oxidation sites excluding steroid dienone is 1. The van der Waals surface area contributed by atoms with E-state index in [-0.39, 0.29) is 18.2 Å². The first-order valence-corrected chi connectivity index (χ1v) is 8.87. The van der Waals surface area contributed by atoms with Crippen LogP contribution in [0.5, 0.6) is 0 Å². The molecule has 1 unspecified atom stereocenters. The molecule has 6 heteroatoms. The molecular weight excluding hydrogens is 342 g/mol. The average molecular weight is 365 g/mol. The number of para-hydroxylation sites is 1. The number of carbonyl (C=O) groups is 3. The number of carbonyl (C=O) groups excluding carboxylic acids is 3. The van der Waals surface area contributed by atoms with Gasteiger partial charge in [-0.1, -0.05) is 24.3 Å². The zero-order valence-electron chi connectivity index (χ0n) is 15.8. The van der Waals surface area contributed by atoms with Crippen LogP contribution in [-0.2, 0) is 11.3 Å². The highest BCUT2D eigenvalue weighted by Crippen LogP contribution is 2.26. The van der Waals surface area contributed by atoms with E-state index in [9.17, 15) is 14.4 Å². The van der Waals surface area contributed by atoms with E-state index in [2.05, 4.69) is 6.58 Å². The predicted octanol–water partition coefficient (Wildman–Crippen LogP) is 3.33. The second-order valence-corrected chi connectivity index (χ2v) is 6.70. The van der Waals surface area contributed by atoms with Crippen LogP contribution in [0.3, 0.4) is 0 Å². The lowest BCUT2D eigenvalue weighted by Gasteiger charge is -2.19. The molecule has 27 heavy (non-hydrogen) atoms. The minimum Gasteiger partial charge on any atom is -0.345 e. The third-order valence-electron chi connectivity index (χ3n) is 4.97. The highest BCUT2D eigenvalue weighted by atomic mass is 16.2. The molecule has 1 aromatic carbocycles. The van der Waals surface area contributed by atoms with Crippen LogP contribution in [0.4, 0.5) is 10.5 Å². The minimum absolute atomic E-state index is 0.248. The van der Waals surface area contributed by atoms with Crippen LogP contribution in [-0.4, -0.2) is 39.8 Å². The van der Waals surface area contributed by atoms with Crippen LogP contribution in [0.2, 0.25) is 0 Å². The molecule has 0 aliphatic carbocycles. The maximum Gasteiger partial charge on any atom is 0.332 e. The molecule has 2 heterocycles. The largest absolute Gasteiger partial charge is 0.345 e. The molecule has 140 valence electrons. The standard InChI is InChI=1S/C21H23N3O3/c1-5-11-22-14(2)12-18(15(22)3)19(25)13-23-20(26)16(4)24(21(23)27)17-9-7-6-8-10-17/h5-10,12,16H,1,11,13H2,2-4H3. The molecule has 1 aromatic heterocycles. The van der Waals surface area contributed by atoms with Gasteiger partial charge in [-0.15, -0.1) is 6.58 Å². The Hall–Kier alpha value is -3.15. The maximum atomic E-state index is 12.8. The fourth-order valence-corrected chi connectivity index (χ4v) is 3.52. The summed E-state index contributed by atoms with van der Waals surface area (Å²) in [4.78, 5) is 40.7. The number of Topliss-reactive ketones (excluding diaryl/α,β-unsaturated/α-hetero) is 1. The van der Waals surface area contributed by atoms with Crippen molar-refractivity contribution in [3.63, 3.8) is 0 Å². The van der Waals surface area contributed by atoms with Crippen LogP contribution in [0.15, 0.2) is 49.1 Å². The zero-order chi connectivity index (χ0) is 19.7. The second kappa shape index (κ2) is 7.23. The van der Waals surface area contributed by atoms with Gasteiger partial charge in [-0.05, 0) is 39.0 Å². The number of aryl methyl sites for hydroxylation is 1. The van der Waals surface area contributed by atoms with Gasteiger partial charge in [0, 0.05) is 29.2 Å². The molecule has 0 spiro atoms. The van der Waals surface area contributed by atoms with E-state index < -0.39 is 12.1 Å². The number of imide groups is 1. The van der Waals surface area contributed by atoms with Gasteiger partial charge in [0.15, 0.2) is 5.78 Å². The number of urea groups is 1. The van der Waals surface area contributed by atoms with Crippen molar-refractivity contribution in [2.24, 2.45) is 0 Å². The van der Waals surface area contributed by atoms with Crippen molar-refractivity contribution in [2.75, 3.05) is 11.4 Å². The molecule has 1 fully saturated rings. The maximum absolute atomic E-state index is 12.8. The van der Waals surface area contributed by atoms with Crippen molar-refractivity contribution in [2.45, 2.75) is 33.4 Å². The Labute approximate surface area is 158 Å². The summed E-state index contributed by atoms with van der Waals surface area (Å²) in [6, 6.07) is 9.70. The molecule has 2 aromatic rings. The van der Waals surface area contributed by atoms with Gasteiger partial charge in [0.25, 0.3) is 5.91 Å². The summed E-state index contributed by atoms with van der Waals surface area (Å²) in [6.07, 6.45) is 1.77. The fraction of sp³-hybridized carbons (Fsp3) is 0.286. The summed E-state index contributed by atoms with van der Waals surface area (Å²) in [5, 5.41) is 0. The van der Waals surface area contributed by atoms with E-state index in [0.717, 1.165) is 16.3 Å². The number of benzene rings is 1. The van der Waals surface area contributed by atoms with Crippen molar-refractivity contribution in [3.05, 3.63) is 66.0 Å². The lowest BCUT2D eigenvalue weighted by Crippen LogP contribution is -2.37. The smallest absolute Gasteiger partial charge is 0.332 e. The molecule has 0 N–H and O–H groups in total. The summed E-state index contributed by atoms with van der Waals surface area (Å²) in [6.45, 7) is 9.52. The van der Waals surface area contributed by atoms with Crippen LogP contribution in [0.1, 0.15) is 28.7 Å². The first kappa shape index (κ1) is 18.6. The van der Waals surface area contributed by atoms with Gasteiger partial charge in [0.05, 0.1) is 6.54 Å². The van der Waals surface area contributed by atoms with Crippen LogP contribution in [0, 0.1) is 13.8 Å². The number of ketones is 1. The van der Waals surface area contributed by atoms with Crippen molar-refractivity contribution in [3.8, 4) is 0 Å². The van der Waals surface area contributed by atoms with Gasteiger partial charge in [0.1, 0.15) is 6.04 Å². The molecule has 0 saturated carbocycles. The number of rotatable bonds is 6. The van der Waals surface area contributed by atoms with E-state index in [1.54, 1.807) is 31.2 Å². The third-order valence-corrected chi connectivity index (χ3v) is 4.97. The fourth-order valence-electron chi connectivity index (χ4n) is 3.52. The Bertz CT molecular complexity index is 914. The van der Waals surface area contributed by atoms with Crippen LogP contribution < -0.4 is 4.90 Å². The van der Waals surface area contributed by atoms with Crippen molar-refractivity contribution < 1.29 is 14.4 Å². The highest BCUT2D eigenvalue weighted by Gasteiger charge is 2.44. The van der Waals surface area contributed by atoms with Gasteiger partial charge in [-0.2, -0.15) is 0 Å². The van der Waals surface area contributed by atoms with Gasteiger partial charge >= 0.3 is 6.03 Å². The summed E-state index contributed by atoms with van der Waals surface area (Å²) in [5.74, 6) is -0.612. The second-order valence-electron chi connectivity index (χ2n) is 6.70. The summed E-state index contributed by atoms with van der Waals surface area (Å²) in [7, 11) is 0. The molecule has 1 aliphatic rings. The Morgan fingerprint density at radius 2 is 1.85 bits per heavy atom. The summed E-state index contributed by atoms with van der Waals surface area (Å²) in [5.41, 5.74) is 2.92. The minimum atomic E-state index is -0.638. The number of amides is 3. The van der Waals surface area contributed by atoms with Crippen LogP contribution >= 0.6 is 0 Å². The highest BCUT2D eigenvalue weighted by molar-refractivity contribution is 6.16. The van der Waals surface area contributed by atoms with Crippen LogP contribution in [0.25, 0.3) is 0 Å². The third kappa shape index (κ3) is 3.18. The van der Waals surface area contributed by atoms with Gasteiger partial charge < -0.3 is 4.57 Å². The Morgan fingerprint density at radius 3 is 2.48 bits per heavy atom. The van der Waals surface area contributed by atoms with Gasteiger partial charge in [-0.25, -0.2) is 4.79 Å². The van der Waals surface area contributed by atoms with Crippen molar-refractivity contribution >= 4 is 23.4 Å². The molecule has 1 saturated heterocycles. The summed E-state index contributed by atoms with van der Waals surface area (Å²) >= 11 is 0. The topological polar surface area (TPSA) is 62.6 Å². The SMILES string of the molecule is C=CCn1c(C)cc(C(=O)CN2C(=O)C(C)N(c3ccccc3)C2=O)c1C. The van der Waals surface area contributed by atoms with E-state index in [1.165, 1.54) is 4.90 Å². The number of hydrogen-bond acceptors (Lipinski definition) is 3. The molecule has 1 aliphatic heterocycles. The monoisotopic (exact) mass is 365 g/mol. The molecule has 1 atom stereocenters. The number of hydrogen-bond donors (Lipinski definition) is 0. The molecule has 0 bridgehead atoms. The number of nitrogens with zero attached hydrogens (tertiary/aromatic N) is 3. The average Bonchev–Trinajstić information content (AvgIpc) is 3.05. The summed E-state index contributed by atoms with van der Waals surface area (Å²) < 4.78 is 1.98. The quantitative estimate of drug-likeness (QED) is 0.448. The Kier molecular flexibility index (Phi) is 4.99. The lowest BCUT2D eigenvalue weighted by molar-refractivity contribution is -0.126. The van der Waals surface area contributed by atoms with E-state index in [1.807, 2.05) is 36.6 Å². The lowest BCUT2D eigenvalue weighted by atomic mass is 10.1. The predicted molar refractivity (Wildman–Crippen MR) is 104 cm³/mol. The van der Waals surface area contributed by atoms with E-state index in [0.29, 0.717) is 17.8 Å².